The second-order valence-electron chi connectivity index (χ2n) is 7.97. The summed E-state index contributed by atoms with van der Waals surface area (Å²) in [5.41, 5.74) is 3.73. The van der Waals surface area contributed by atoms with Crippen LogP contribution in [0.4, 0.5) is 0 Å². The monoisotopic (exact) mass is 272 g/mol. The smallest absolute Gasteiger partial charge is 0.00340 e. The maximum Gasteiger partial charge on any atom is 0.00340 e. The molecule has 2 aliphatic carbocycles. The highest BCUT2D eigenvalue weighted by Crippen LogP contribution is 2.61. The summed E-state index contributed by atoms with van der Waals surface area (Å²) in [4.78, 5) is 0. The third-order valence-electron chi connectivity index (χ3n) is 6.19. The number of hydrogen-bond donors (Lipinski definition) is 0. The predicted octanol–water partition coefficient (Wildman–Crippen LogP) is 6.31. The van der Waals surface area contributed by atoms with Crippen LogP contribution in [0.15, 0.2) is 36.0 Å². The normalized spacial score (nSPS) is 38.0. The quantitative estimate of drug-likeness (QED) is 0.408. The van der Waals surface area contributed by atoms with Gasteiger partial charge >= 0.3 is 0 Å². The molecule has 20 heavy (non-hydrogen) atoms. The fraction of sp³-hybridized carbons (Fsp3) is 0.700. The van der Waals surface area contributed by atoms with E-state index in [0.717, 1.165) is 5.92 Å². The Bertz CT molecular complexity index is 435. The van der Waals surface area contributed by atoms with Crippen LogP contribution in [-0.4, -0.2) is 0 Å². The molecular weight excluding hydrogens is 240 g/mol. The Labute approximate surface area is 126 Å². The highest BCUT2D eigenvalue weighted by Gasteiger charge is 2.51. The van der Waals surface area contributed by atoms with Crippen LogP contribution in [0.5, 0.6) is 0 Å². The largest absolute Gasteiger partial charge is 0.0992 e. The molecule has 0 aromatic rings. The van der Waals surface area contributed by atoms with E-state index < -0.39 is 0 Å². The van der Waals surface area contributed by atoms with Crippen LogP contribution in [0.2, 0.25) is 0 Å². The summed E-state index contributed by atoms with van der Waals surface area (Å²) < 4.78 is 0. The van der Waals surface area contributed by atoms with E-state index in [-0.39, 0.29) is 0 Å². The fourth-order valence-corrected chi connectivity index (χ4v) is 4.91. The van der Waals surface area contributed by atoms with Gasteiger partial charge in [0.1, 0.15) is 0 Å². The molecule has 2 aliphatic rings. The molecular formula is C20H32. The zero-order valence-electron chi connectivity index (χ0n) is 14.1. The van der Waals surface area contributed by atoms with Crippen molar-refractivity contribution in [2.45, 2.75) is 66.7 Å². The first-order valence-electron chi connectivity index (χ1n) is 8.30. The molecule has 112 valence electrons. The van der Waals surface area contributed by atoms with Gasteiger partial charge in [0.15, 0.2) is 0 Å². The van der Waals surface area contributed by atoms with Gasteiger partial charge in [0.05, 0.1) is 0 Å². The van der Waals surface area contributed by atoms with Crippen molar-refractivity contribution in [3.8, 4) is 0 Å². The average molecular weight is 272 g/mol. The van der Waals surface area contributed by atoms with Crippen LogP contribution >= 0.6 is 0 Å². The molecule has 0 bridgehead atoms. The topological polar surface area (TPSA) is 0 Å². The lowest BCUT2D eigenvalue weighted by Gasteiger charge is -2.57. The summed E-state index contributed by atoms with van der Waals surface area (Å²) in [6.45, 7) is 16.2. The second-order valence-corrected chi connectivity index (χ2v) is 7.97. The van der Waals surface area contributed by atoms with Crippen LogP contribution in [0, 0.1) is 22.7 Å². The molecule has 0 N–H and O–H groups in total. The average Bonchev–Trinajstić information content (AvgIpc) is 2.36. The summed E-state index contributed by atoms with van der Waals surface area (Å²) >= 11 is 0. The summed E-state index contributed by atoms with van der Waals surface area (Å²) in [5, 5.41) is 0. The minimum atomic E-state index is 0.418. The molecule has 0 amide bonds. The Morgan fingerprint density at radius 2 is 1.95 bits per heavy atom. The number of fused-ring (bicyclic) bond motifs is 1. The third kappa shape index (κ3) is 2.67. The first-order chi connectivity index (χ1) is 9.31. The molecule has 0 saturated heterocycles. The van der Waals surface area contributed by atoms with E-state index in [0.29, 0.717) is 16.7 Å². The van der Waals surface area contributed by atoms with Gasteiger partial charge < -0.3 is 0 Å². The lowest BCUT2D eigenvalue weighted by Crippen LogP contribution is -2.48. The number of rotatable bonds is 2. The molecule has 0 heterocycles. The lowest BCUT2D eigenvalue weighted by molar-refractivity contribution is -0.0391. The summed E-state index contributed by atoms with van der Waals surface area (Å²) in [5.74, 6) is 1.41. The van der Waals surface area contributed by atoms with Crippen molar-refractivity contribution < 1.29 is 0 Å². The molecule has 0 aliphatic heterocycles. The standard InChI is InChI=1S/C20H32/c1-7-15(2)9-11-17-16(3)10-12-18-19(4,5)13-8-14-20(17,18)6/h7,9,11,17-18H,3,8,10,12-14H2,1-2,4-6H3/b11-9+,15-7+/t17-,18-,20+/m0/s1. The van der Waals surface area contributed by atoms with E-state index >= 15 is 0 Å². The third-order valence-corrected chi connectivity index (χ3v) is 6.19. The number of allylic oxidation sites excluding steroid dienone is 5. The van der Waals surface area contributed by atoms with Gasteiger partial charge in [-0.25, -0.2) is 0 Å². The van der Waals surface area contributed by atoms with Crippen LogP contribution in [0.25, 0.3) is 0 Å². The van der Waals surface area contributed by atoms with Gasteiger partial charge in [0.25, 0.3) is 0 Å². The predicted molar refractivity (Wildman–Crippen MR) is 89.7 cm³/mol. The van der Waals surface area contributed by atoms with Crippen molar-refractivity contribution >= 4 is 0 Å². The molecule has 0 heteroatoms. The van der Waals surface area contributed by atoms with Crippen molar-refractivity contribution in [2.75, 3.05) is 0 Å². The van der Waals surface area contributed by atoms with Crippen LogP contribution in [0.1, 0.15) is 66.7 Å². The summed E-state index contributed by atoms with van der Waals surface area (Å²) in [6, 6.07) is 0. The van der Waals surface area contributed by atoms with E-state index in [2.05, 4.69) is 59.4 Å². The van der Waals surface area contributed by atoms with E-state index in [1.807, 2.05) is 0 Å². The Balaban J connectivity index is 2.33. The van der Waals surface area contributed by atoms with Crippen molar-refractivity contribution in [1.82, 2.24) is 0 Å². The fourth-order valence-electron chi connectivity index (χ4n) is 4.91. The van der Waals surface area contributed by atoms with Crippen molar-refractivity contribution in [3.63, 3.8) is 0 Å². The van der Waals surface area contributed by atoms with Gasteiger partial charge in [-0.3, -0.25) is 0 Å². The first kappa shape index (κ1) is 15.6. The van der Waals surface area contributed by atoms with Gasteiger partial charge in [-0.2, -0.15) is 0 Å². The molecule has 3 atom stereocenters. The van der Waals surface area contributed by atoms with Crippen LogP contribution in [-0.2, 0) is 0 Å². The van der Waals surface area contributed by atoms with Gasteiger partial charge in [-0.15, -0.1) is 0 Å². The van der Waals surface area contributed by atoms with E-state index in [9.17, 15) is 0 Å². The zero-order valence-corrected chi connectivity index (χ0v) is 14.1. The molecule has 0 spiro atoms. The first-order valence-corrected chi connectivity index (χ1v) is 8.30. The SMILES string of the molecule is C=C1CC[C@H]2C(C)(C)CCC[C@]2(C)[C@H]1/C=C/C(C)=C/C. The molecule has 0 nitrogen and oxygen atoms in total. The van der Waals surface area contributed by atoms with E-state index in [4.69, 9.17) is 0 Å². The molecule has 0 aromatic carbocycles. The van der Waals surface area contributed by atoms with Crippen LogP contribution < -0.4 is 0 Å². The van der Waals surface area contributed by atoms with Gasteiger partial charge in [0.2, 0.25) is 0 Å². The second kappa shape index (κ2) is 5.54. The van der Waals surface area contributed by atoms with Crippen molar-refractivity contribution in [2.24, 2.45) is 22.7 Å². The molecule has 2 rings (SSSR count). The Morgan fingerprint density at radius 3 is 2.60 bits per heavy atom. The maximum atomic E-state index is 4.41. The molecule has 2 fully saturated rings. The van der Waals surface area contributed by atoms with Gasteiger partial charge in [0, 0.05) is 5.92 Å². The van der Waals surface area contributed by atoms with Crippen molar-refractivity contribution in [1.29, 1.82) is 0 Å². The highest BCUT2D eigenvalue weighted by atomic mass is 14.6. The van der Waals surface area contributed by atoms with E-state index in [1.165, 1.54) is 43.3 Å². The summed E-state index contributed by atoms with van der Waals surface area (Å²) in [6.07, 6.45) is 13.6. The minimum absolute atomic E-state index is 0.418. The van der Waals surface area contributed by atoms with E-state index in [1.54, 1.807) is 0 Å². The minimum Gasteiger partial charge on any atom is -0.0992 e. The van der Waals surface area contributed by atoms with Crippen molar-refractivity contribution in [3.05, 3.63) is 36.0 Å². The number of hydrogen-bond acceptors (Lipinski definition) is 0. The Morgan fingerprint density at radius 1 is 1.25 bits per heavy atom. The molecule has 0 unspecified atom stereocenters. The van der Waals surface area contributed by atoms with Crippen LogP contribution in [0.3, 0.4) is 0 Å². The molecule has 0 radical (unpaired) electrons. The zero-order chi connectivity index (χ0) is 15.0. The van der Waals surface area contributed by atoms with Gasteiger partial charge in [-0.1, -0.05) is 63.1 Å². The Hall–Kier alpha value is -0.780. The highest BCUT2D eigenvalue weighted by molar-refractivity contribution is 5.25. The molecule has 2 saturated carbocycles. The molecule has 0 aromatic heterocycles. The maximum absolute atomic E-state index is 4.41. The lowest BCUT2D eigenvalue weighted by atomic mass is 9.47. The summed E-state index contributed by atoms with van der Waals surface area (Å²) in [7, 11) is 0. The van der Waals surface area contributed by atoms with Gasteiger partial charge in [-0.05, 0) is 56.3 Å². The Kier molecular flexibility index (Phi) is 4.33.